The first-order valence-electron chi connectivity index (χ1n) is 13.0. The summed E-state index contributed by atoms with van der Waals surface area (Å²) in [6.07, 6.45) is 14.1. The van der Waals surface area contributed by atoms with Crippen molar-refractivity contribution in [1.29, 1.82) is 0 Å². The Morgan fingerprint density at radius 1 is 0.886 bits per heavy atom. The lowest BCUT2D eigenvalue weighted by molar-refractivity contribution is 0.270. The summed E-state index contributed by atoms with van der Waals surface area (Å²) in [5.41, 5.74) is 3.10. The van der Waals surface area contributed by atoms with Crippen LogP contribution in [-0.4, -0.2) is 15.3 Å². The van der Waals surface area contributed by atoms with Gasteiger partial charge in [0.2, 0.25) is 0 Å². The molecule has 0 heterocycles. The van der Waals surface area contributed by atoms with Crippen LogP contribution in [0.2, 0.25) is 0 Å². The molecule has 1 aliphatic carbocycles. The molecule has 1 fully saturated rings. The van der Waals surface area contributed by atoms with Crippen molar-refractivity contribution in [1.82, 2.24) is 0 Å². The molecule has 1 aromatic rings. The third kappa shape index (κ3) is 10.9. The molecule has 0 bridgehead atoms. The van der Waals surface area contributed by atoms with Crippen LogP contribution in [0, 0.1) is 5.41 Å². The topological polar surface area (TPSA) is 60.7 Å². The van der Waals surface area contributed by atoms with Crippen LogP contribution >= 0.6 is 0 Å². The number of aliphatic hydroxyl groups is 2. The molecule has 0 atom stereocenters. The number of aliphatic hydroxyl groups excluding tert-OH is 2. The normalized spacial score (nSPS) is 20.3. The number of allylic oxidation sites excluding steroid dienone is 8. The van der Waals surface area contributed by atoms with E-state index in [1.54, 1.807) is 37.3 Å². The molecule has 0 spiro atoms. The lowest BCUT2D eigenvalue weighted by Gasteiger charge is -2.42. The molecule has 0 unspecified atom stereocenters. The monoisotopic (exact) mass is 482 g/mol. The minimum atomic E-state index is -0.226. The van der Waals surface area contributed by atoms with Crippen LogP contribution in [-0.2, 0) is 0 Å². The summed E-state index contributed by atoms with van der Waals surface area (Å²) >= 11 is 0. The smallest absolute Gasteiger partial charge is 0.115 e. The highest BCUT2D eigenvalue weighted by Gasteiger charge is 2.38. The van der Waals surface area contributed by atoms with Gasteiger partial charge in [0.15, 0.2) is 0 Å². The second-order valence-electron chi connectivity index (χ2n) is 7.67. The number of phenols is 1. The quantitative estimate of drug-likeness (QED) is 0.267. The molecule has 3 N–H and O–H groups in total. The summed E-state index contributed by atoms with van der Waals surface area (Å²) in [4.78, 5) is 0. The second-order valence-corrected chi connectivity index (χ2v) is 7.67. The molecular formula is C32H50O3. The van der Waals surface area contributed by atoms with Crippen molar-refractivity contribution >= 4 is 0 Å². The van der Waals surface area contributed by atoms with Crippen LogP contribution in [0.25, 0.3) is 0 Å². The number of phenolic OH excluding ortho intramolecular Hbond substituents is 1. The standard InChI is InChI=1S/C26H32O3.3C2H6/c1-5-23(27)11-7-19(3)26(20(4)8-12-24(28)6-2)17-15-22(16-18-26)21-9-13-25(29)14-10-21;3*1-2/h5-14,22,27-29H,1,4,15-18H2,2-3H3;3*1-2H3/b12-8-,19-7+,23-11+,24-6+;;;. The van der Waals surface area contributed by atoms with E-state index in [1.807, 2.05) is 65.8 Å². The Balaban J connectivity index is 0. The van der Waals surface area contributed by atoms with E-state index in [0.29, 0.717) is 5.92 Å². The third-order valence-corrected chi connectivity index (χ3v) is 6.04. The van der Waals surface area contributed by atoms with Gasteiger partial charge in [0, 0.05) is 5.41 Å². The molecule has 196 valence electrons. The Bertz CT molecular complexity index is 843. The van der Waals surface area contributed by atoms with Crippen LogP contribution in [0.15, 0.2) is 96.5 Å². The molecule has 1 aromatic carbocycles. The van der Waals surface area contributed by atoms with Crippen LogP contribution < -0.4 is 0 Å². The van der Waals surface area contributed by atoms with Gasteiger partial charge >= 0.3 is 0 Å². The van der Waals surface area contributed by atoms with Crippen molar-refractivity contribution in [2.75, 3.05) is 0 Å². The maximum absolute atomic E-state index is 9.79. The van der Waals surface area contributed by atoms with E-state index in [9.17, 15) is 15.3 Å². The number of aromatic hydroxyl groups is 1. The Hall–Kier alpha value is -2.94. The molecule has 3 nitrogen and oxygen atoms in total. The summed E-state index contributed by atoms with van der Waals surface area (Å²) in [6, 6.07) is 7.48. The van der Waals surface area contributed by atoms with E-state index in [0.717, 1.165) is 36.8 Å². The van der Waals surface area contributed by atoms with E-state index in [1.165, 1.54) is 11.6 Å². The van der Waals surface area contributed by atoms with Gasteiger partial charge < -0.3 is 15.3 Å². The second kappa shape index (κ2) is 19.4. The predicted octanol–water partition coefficient (Wildman–Crippen LogP) is 10.3. The average Bonchev–Trinajstić information content (AvgIpc) is 2.93. The minimum absolute atomic E-state index is 0.130. The highest BCUT2D eigenvalue weighted by atomic mass is 16.3. The summed E-state index contributed by atoms with van der Waals surface area (Å²) in [5, 5.41) is 29.1. The van der Waals surface area contributed by atoms with Crippen LogP contribution in [0.1, 0.15) is 92.6 Å². The molecule has 1 aliphatic rings. The fraction of sp³-hybridized carbons (Fsp3) is 0.438. The molecular weight excluding hydrogens is 432 g/mol. The largest absolute Gasteiger partial charge is 0.508 e. The van der Waals surface area contributed by atoms with Crippen molar-refractivity contribution in [2.24, 2.45) is 5.41 Å². The lowest BCUT2D eigenvalue weighted by atomic mass is 9.62. The maximum atomic E-state index is 9.79. The zero-order valence-corrected chi connectivity index (χ0v) is 23.4. The Labute approximate surface area is 215 Å². The summed E-state index contributed by atoms with van der Waals surface area (Å²) in [5.74, 6) is 1.07. The maximum Gasteiger partial charge on any atom is 0.115 e. The van der Waals surface area contributed by atoms with Crippen molar-refractivity contribution in [3.05, 3.63) is 102 Å². The minimum Gasteiger partial charge on any atom is -0.508 e. The van der Waals surface area contributed by atoms with Gasteiger partial charge in [-0.3, -0.25) is 0 Å². The molecule has 1 saturated carbocycles. The van der Waals surface area contributed by atoms with Gasteiger partial charge in [0.1, 0.15) is 17.3 Å². The molecule has 35 heavy (non-hydrogen) atoms. The number of rotatable bonds is 7. The highest BCUT2D eigenvalue weighted by Crippen LogP contribution is 2.51. The van der Waals surface area contributed by atoms with Crippen LogP contribution in [0.3, 0.4) is 0 Å². The predicted molar refractivity (Wildman–Crippen MR) is 155 cm³/mol. The number of benzene rings is 1. The lowest BCUT2D eigenvalue weighted by Crippen LogP contribution is -2.29. The van der Waals surface area contributed by atoms with E-state index >= 15 is 0 Å². The van der Waals surface area contributed by atoms with Gasteiger partial charge in [-0.15, -0.1) is 0 Å². The fourth-order valence-electron chi connectivity index (χ4n) is 4.04. The summed E-state index contributed by atoms with van der Waals surface area (Å²) in [6.45, 7) is 23.8. The molecule has 0 saturated heterocycles. The molecule has 0 aliphatic heterocycles. The molecule has 0 radical (unpaired) electrons. The summed E-state index contributed by atoms with van der Waals surface area (Å²) in [7, 11) is 0. The molecule has 2 rings (SSSR count). The zero-order valence-electron chi connectivity index (χ0n) is 23.4. The SMILES string of the molecule is C=C/C(O)=C\C=C(/C)C1(C(=C)/C=C\C(O)=C/C)CCC(c2ccc(O)cc2)CC1.CC.CC.CC. The first kappa shape index (κ1) is 34.2. The first-order chi connectivity index (χ1) is 16.8. The number of hydrogen-bond acceptors (Lipinski definition) is 3. The van der Waals surface area contributed by atoms with E-state index in [-0.39, 0.29) is 22.7 Å². The van der Waals surface area contributed by atoms with Crippen molar-refractivity contribution in [2.45, 2.75) is 87.0 Å². The van der Waals surface area contributed by atoms with E-state index < -0.39 is 0 Å². The average molecular weight is 483 g/mol. The molecule has 0 amide bonds. The zero-order chi connectivity index (χ0) is 27.4. The van der Waals surface area contributed by atoms with Crippen molar-refractivity contribution in [3.63, 3.8) is 0 Å². The molecule has 3 heteroatoms. The van der Waals surface area contributed by atoms with E-state index in [4.69, 9.17) is 0 Å². The Kier molecular flexibility index (Phi) is 18.9. The number of hydrogen-bond donors (Lipinski definition) is 3. The summed E-state index contributed by atoms with van der Waals surface area (Å²) < 4.78 is 0. The third-order valence-electron chi connectivity index (χ3n) is 6.04. The van der Waals surface area contributed by atoms with Gasteiger partial charge in [0.25, 0.3) is 0 Å². The Morgan fingerprint density at radius 2 is 1.40 bits per heavy atom. The van der Waals surface area contributed by atoms with E-state index in [2.05, 4.69) is 20.1 Å². The van der Waals surface area contributed by atoms with Gasteiger partial charge in [-0.1, -0.05) is 84.6 Å². The molecule has 0 aromatic heterocycles. The van der Waals surface area contributed by atoms with Crippen molar-refractivity contribution in [3.8, 4) is 5.75 Å². The van der Waals surface area contributed by atoms with Gasteiger partial charge in [-0.2, -0.15) is 0 Å². The van der Waals surface area contributed by atoms with Gasteiger partial charge in [0.05, 0.1) is 0 Å². The fourth-order valence-corrected chi connectivity index (χ4v) is 4.04. The first-order valence-corrected chi connectivity index (χ1v) is 13.0. The highest BCUT2D eigenvalue weighted by molar-refractivity contribution is 5.39. The van der Waals surface area contributed by atoms with Gasteiger partial charge in [-0.05, 0) is 93.0 Å². The Morgan fingerprint density at radius 3 is 1.86 bits per heavy atom. The van der Waals surface area contributed by atoms with Crippen molar-refractivity contribution < 1.29 is 15.3 Å². The van der Waals surface area contributed by atoms with Gasteiger partial charge in [-0.25, -0.2) is 0 Å². The van der Waals surface area contributed by atoms with Crippen LogP contribution in [0.4, 0.5) is 0 Å². The van der Waals surface area contributed by atoms with Crippen LogP contribution in [0.5, 0.6) is 5.75 Å².